The molecule has 1 aromatic heterocycles. The lowest BCUT2D eigenvalue weighted by atomic mass is 10.2. The maximum Gasteiger partial charge on any atom is 0.248 e. The van der Waals surface area contributed by atoms with E-state index in [1.54, 1.807) is 19.2 Å². The first kappa shape index (κ1) is 15.9. The Hall–Kier alpha value is -2.47. The lowest BCUT2D eigenvalue weighted by Crippen LogP contribution is -2.40. The van der Waals surface area contributed by atoms with Crippen LogP contribution < -0.4 is 10.6 Å². The van der Waals surface area contributed by atoms with Gasteiger partial charge in [-0.2, -0.15) is 0 Å². The molecule has 0 aliphatic carbocycles. The van der Waals surface area contributed by atoms with Crippen molar-refractivity contribution >= 4 is 34.4 Å². The molecule has 2 aromatic rings. The predicted octanol–water partition coefficient (Wildman–Crippen LogP) is 2.61. The van der Waals surface area contributed by atoms with Gasteiger partial charge in [0.25, 0.3) is 0 Å². The van der Waals surface area contributed by atoms with Crippen LogP contribution in [0.3, 0.4) is 0 Å². The topological polar surface area (TPSA) is 71.1 Å². The minimum absolute atomic E-state index is 0.296. The van der Waals surface area contributed by atoms with Crippen LogP contribution in [0, 0.1) is 6.92 Å². The highest BCUT2D eigenvalue weighted by atomic mass is 32.1. The molecule has 0 spiro atoms. The number of hydrogen-bond acceptors (Lipinski definition) is 4. The number of thiazole rings is 1. The summed E-state index contributed by atoms with van der Waals surface area (Å²) < 4.78 is 0. The van der Waals surface area contributed by atoms with E-state index in [0.29, 0.717) is 5.13 Å². The largest absolute Gasteiger partial charge is 0.341 e. The molecule has 0 aliphatic rings. The zero-order valence-electron chi connectivity index (χ0n) is 12.4. The van der Waals surface area contributed by atoms with E-state index >= 15 is 0 Å². The van der Waals surface area contributed by atoms with Gasteiger partial charge in [-0.1, -0.05) is 30.3 Å². The van der Waals surface area contributed by atoms with Crippen molar-refractivity contribution in [1.82, 2.24) is 10.3 Å². The second kappa shape index (κ2) is 7.51. The Morgan fingerprint density at radius 3 is 2.64 bits per heavy atom. The number of anilines is 1. The summed E-state index contributed by atoms with van der Waals surface area (Å²) in [7, 11) is 0. The van der Waals surface area contributed by atoms with Crippen LogP contribution in [0.5, 0.6) is 0 Å². The van der Waals surface area contributed by atoms with Crippen molar-refractivity contribution in [3.05, 3.63) is 53.0 Å². The molecule has 0 saturated heterocycles. The third-order valence-corrected chi connectivity index (χ3v) is 3.66. The zero-order chi connectivity index (χ0) is 15.9. The summed E-state index contributed by atoms with van der Waals surface area (Å²) >= 11 is 1.39. The third kappa shape index (κ3) is 4.82. The lowest BCUT2D eigenvalue weighted by Gasteiger charge is -2.11. The first-order valence-electron chi connectivity index (χ1n) is 6.81. The Balaban J connectivity index is 1.85. The van der Waals surface area contributed by atoms with Gasteiger partial charge in [-0.15, -0.1) is 11.3 Å². The molecule has 0 fully saturated rings. The zero-order valence-corrected chi connectivity index (χ0v) is 13.2. The van der Waals surface area contributed by atoms with Gasteiger partial charge in [0.2, 0.25) is 11.8 Å². The van der Waals surface area contributed by atoms with Crippen LogP contribution in [-0.2, 0) is 9.59 Å². The van der Waals surface area contributed by atoms with E-state index in [-0.39, 0.29) is 11.8 Å². The molecule has 0 saturated carbocycles. The predicted molar refractivity (Wildman–Crippen MR) is 88.6 cm³/mol. The highest BCUT2D eigenvalue weighted by Crippen LogP contribution is 2.16. The van der Waals surface area contributed by atoms with E-state index in [9.17, 15) is 9.59 Å². The van der Waals surface area contributed by atoms with E-state index in [2.05, 4.69) is 15.6 Å². The van der Waals surface area contributed by atoms with Crippen molar-refractivity contribution in [3.63, 3.8) is 0 Å². The number of hydrogen-bond donors (Lipinski definition) is 2. The van der Waals surface area contributed by atoms with Crippen LogP contribution >= 0.6 is 11.3 Å². The van der Waals surface area contributed by atoms with Crippen molar-refractivity contribution in [2.75, 3.05) is 5.32 Å². The number of benzene rings is 1. The Morgan fingerprint density at radius 2 is 2.00 bits per heavy atom. The quantitative estimate of drug-likeness (QED) is 0.833. The number of aryl methyl sites for hydroxylation is 1. The molecule has 114 valence electrons. The van der Waals surface area contributed by atoms with Crippen molar-refractivity contribution in [2.24, 2.45) is 0 Å². The van der Waals surface area contributed by atoms with Crippen LogP contribution in [0.2, 0.25) is 0 Å². The van der Waals surface area contributed by atoms with E-state index in [0.717, 1.165) is 10.4 Å². The summed E-state index contributed by atoms with van der Waals surface area (Å²) in [6.07, 6.45) is 4.79. The molecule has 1 unspecified atom stereocenters. The van der Waals surface area contributed by atoms with E-state index in [1.807, 2.05) is 37.3 Å². The first-order valence-corrected chi connectivity index (χ1v) is 7.63. The highest BCUT2D eigenvalue weighted by molar-refractivity contribution is 7.15. The van der Waals surface area contributed by atoms with Crippen molar-refractivity contribution in [1.29, 1.82) is 0 Å². The Morgan fingerprint density at radius 1 is 1.27 bits per heavy atom. The first-order chi connectivity index (χ1) is 10.5. The normalized spacial score (nSPS) is 12.1. The molecule has 2 N–H and O–H groups in total. The van der Waals surface area contributed by atoms with Crippen molar-refractivity contribution in [2.45, 2.75) is 19.9 Å². The van der Waals surface area contributed by atoms with Gasteiger partial charge < -0.3 is 10.6 Å². The van der Waals surface area contributed by atoms with E-state index in [1.165, 1.54) is 17.4 Å². The lowest BCUT2D eigenvalue weighted by molar-refractivity contribution is -0.123. The molecule has 22 heavy (non-hydrogen) atoms. The molecule has 5 nitrogen and oxygen atoms in total. The van der Waals surface area contributed by atoms with Crippen molar-refractivity contribution < 1.29 is 9.59 Å². The summed E-state index contributed by atoms with van der Waals surface area (Å²) in [5, 5.41) is 5.82. The molecule has 0 radical (unpaired) electrons. The molecule has 6 heteroatoms. The minimum atomic E-state index is -0.642. The molecule has 1 aromatic carbocycles. The van der Waals surface area contributed by atoms with Crippen LogP contribution in [-0.4, -0.2) is 22.8 Å². The number of carbonyl (C=O) groups is 2. The number of nitrogens with zero attached hydrogens (tertiary/aromatic N) is 1. The van der Waals surface area contributed by atoms with Crippen LogP contribution in [0.25, 0.3) is 6.08 Å². The number of aromatic nitrogens is 1. The van der Waals surface area contributed by atoms with Crippen LogP contribution in [0.1, 0.15) is 17.4 Å². The minimum Gasteiger partial charge on any atom is -0.341 e. The molecule has 2 amide bonds. The fraction of sp³-hybridized carbons (Fsp3) is 0.188. The van der Waals surface area contributed by atoms with Gasteiger partial charge >= 0.3 is 0 Å². The summed E-state index contributed by atoms with van der Waals surface area (Å²) in [6.45, 7) is 3.54. The van der Waals surface area contributed by atoms with Gasteiger partial charge in [-0.25, -0.2) is 4.98 Å². The summed E-state index contributed by atoms with van der Waals surface area (Å²) in [6, 6.07) is 8.84. The highest BCUT2D eigenvalue weighted by Gasteiger charge is 2.15. The number of amides is 2. The Labute approximate surface area is 133 Å². The number of nitrogens with one attached hydrogen (secondary N) is 2. The van der Waals surface area contributed by atoms with Crippen molar-refractivity contribution in [3.8, 4) is 0 Å². The second-order valence-corrected chi connectivity index (χ2v) is 5.97. The van der Waals surface area contributed by atoms with Crippen LogP contribution in [0.15, 0.2) is 42.6 Å². The summed E-state index contributed by atoms with van der Waals surface area (Å²) in [5.41, 5.74) is 0.924. The third-order valence-electron chi connectivity index (χ3n) is 2.83. The second-order valence-electron chi connectivity index (χ2n) is 4.74. The van der Waals surface area contributed by atoms with E-state index < -0.39 is 6.04 Å². The molecular weight excluding hydrogens is 298 g/mol. The maximum atomic E-state index is 11.9. The SMILES string of the molecule is Cc1cnc(NC(=O)C(C)NC(=O)/C=C/c2ccccc2)s1. The standard InChI is InChI=1S/C16H17N3O2S/c1-11-10-17-16(22-11)19-15(21)12(2)18-14(20)9-8-13-6-4-3-5-7-13/h3-10,12H,1-2H3,(H,18,20)(H,17,19,21)/b9-8+. The molecule has 2 rings (SSSR count). The average Bonchev–Trinajstić information content (AvgIpc) is 2.91. The fourth-order valence-electron chi connectivity index (χ4n) is 1.69. The van der Waals surface area contributed by atoms with E-state index in [4.69, 9.17) is 0 Å². The monoisotopic (exact) mass is 315 g/mol. The molecular formula is C16H17N3O2S. The molecule has 1 atom stereocenters. The van der Waals surface area contributed by atoms with Gasteiger partial charge in [0.05, 0.1) is 0 Å². The van der Waals surface area contributed by atoms with Gasteiger partial charge in [0, 0.05) is 17.2 Å². The van der Waals surface area contributed by atoms with Gasteiger partial charge in [0.15, 0.2) is 5.13 Å². The summed E-state index contributed by atoms with van der Waals surface area (Å²) in [5.74, 6) is -0.613. The van der Waals surface area contributed by atoms with Gasteiger partial charge in [-0.3, -0.25) is 9.59 Å². The maximum absolute atomic E-state index is 11.9. The van der Waals surface area contributed by atoms with Gasteiger partial charge in [-0.05, 0) is 25.5 Å². The number of carbonyl (C=O) groups excluding carboxylic acids is 2. The van der Waals surface area contributed by atoms with Gasteiger partial charge in [0.1, 0.15) is 6.04 Å². The molecule has 1 heterocycles. The van der Waals surface area contributed by atoms with Crippen LogP contribution in [0.4, 0.5) is 5.13 Å². The smallest absolute Gasteiger partial charge is 0.248 e. The molecule has 0 bridgehead atoms. The number of rotatable bonds is 5. The Kier molecular flexibility index (Phi) is 5.43. The summed E-state index contributed by atoms with van der Waals surface area (Å²) in [4.78, 5) is 28.8. The fourth-order valence-corrected chi connectivity index (χ4v) is 2.36. The Bertz CT molecular complexity index is 680. The molecule has 0 aliphatic heterocycles. The average molecular weight is 315 g/mol.